The van der Waals surface area contributed by atoms with Gasteiger partial charge in [-0.25, -0.2) is 4.39 Å². The van der Waals surface area contributed by atoms with Crippen LogP contribution in [0.2, 0.25) is 0 Å². The molecule has 1 aliphatic heterocycles. The van der Waals surface area contributed by atoms with E-state index < -0.39 is 0 Å². The summed E-state index contributed by atoms with van der Waals surface area (Å²) in [7, 11) is 1.76. The molecule has 1 heterocycles. The number of halogens is 1. The average Bonchev–Trinajstić information content (AvgIpc) is 3.22. The van der Waals surface area contributed by atoms with Gasteiger partial charge in [0.15, 0.2) is 5.96 Å². The molecule has 1 atom stereocenters. The molecule has 0 radical (unpaired) electrons. The standard InChI is InChI=1S/C18H26FN3O/c1-17(8-5-11-23-17)12-21-16(20-2)22-13-18(9-10-18)14-6-3-4-7-15(14)19/h3-4,6-7H,5,8-13H2,1-2H3,(H2,20,21,22). The van der Waals surface area contributed by atoms with E-state index in [0.717, 1.165) is 50.4 Å². The normalized spacial score (nSPS) is 26.1. The van der Waals surface area contributed by atoms with Crippen LogP contribution in [0.25, 0.3) is 0 Å². The topological polar surface area (TPSA) is 45.7 Å². The minimum atomic E-state index is -0.111. The van der Waals surface area contributed by atoms with Crippen LogP contribution in [0.5, 0.6) is 0 Å². The Morgan fingerprint density at radius 2 is 1.96 bits per heavy atom. The second-order valence-electron chi connectivity index (χ2n) is 6.94. The van der Waals surface area contributed by atoms with Crippen LogP contribution in [0.15, 0.2) is 29.3 Å². The summed E-state index contributed by atoms with van der Waals surface area (Å²) in [5, 5.41) is 6.69. The summed E-state index contributed by atoms with van der Waals surface area (Å²) < 4.78 is 19.8. The number of guanidine groups is 1. The first-order valence-electron chi connectivity index (χ1n) is 8.40. The predicted octanol–water partition coefficient (Wildman–Crippen LogP) is 2.59. The maximum atomic E-state index is 14.0. The predicted molar refractivity (Wildman–Crippen MR) is 90.3 cm³/mol. The molecule has 2 N–H and O–H groups in total. The van der Waals surface area contributed by atoms with Crippen LogP contribution in [-0.4, -0.2) is 38.3 Å². The highest BCUT2D eigenvalue weighted by Gasteiger charge is 2.45. The Bertz CT molecular complexity index is 577. The summed E-state index contributed by atoms with van der Waals surface area (Å²) in [6.45, 7) is 4.40. The Kier molecular flexibility index (Phi) is 4.57. The van der Waals surface area contributed by atoms with Gasteiger partial charge in [-0.05, 0) is 44.2 Å². The second-order valence-corrected chi connectivity index (χ2v) is 6.94. The number of nitrogens with zero attached hydrogens (tertiary/aromatic N) is 1. The van der Waals surface area contributed by atoms with E-state index >= 15 is 0 Å². The van der Waals surface area contributed by atoms with E-state index in [2.05, 4.69) is 22.5 Å². The number of ether oxygens (including phenoxy) is 1. The van der Waals surface area contributed by atoms with E-state index in [4.69, 9.17) is 4.74 Å². The van der Waals surface area contributed by atoms with Crippen molar-refractivity contribution in [1.29, 1.82) is 0 Å². The van der Waals surface area contributed by atoms with Crippen LogP contribution in [0.3, 0.4) is 0 Å². The quantitative estimate of drug-likeness (QED) is 0.648. The molecule has 1 aromatic rings. The fourth-order valence-corrected chi connectivity index (χ4v) is 3.30. The third-order valence-corrected chi connectivity index (χ3v) is 5.05. The zero-order valence-corrected chi connectivity index (χ0v) is 14.0. The summed E-state index contributed by atoms with van der Waals surface area (Å²) in [5.74, 6) is 0.644. The van der Waals surface area contributed by atoms with Gasteiger partial charge in [0.05, 0.1) is 5.60 Å². The van der Waals surface area contributed by atoms with Gasteiger partial charge in [0.1, 0.15) is 5.82 Å². The molecule has 3 rings (SSSR count). The summed E-state index contributed by atoms with van der Waals surface area (Å²) in [6.07, 6.45) is 4.20. The average molecular weight is 319 g/mol. The summed E-state index contributed by atoms with van der Waals surface area (Å²) >= 11 is 0. The molecule has 1 saturated carbocycles. The van der Waals surface area contributed by atoms with Crippen molar-refractivity contribution in [3.8, 4) is 0 Å². The molecular weight excluding hydrogens is 293 g/mol. The lowest BCUT2D eigenvalue weighted by Crippen LogP contribution is -2.47. The van der Waals surface area contributed by atoms with Crippen LogP contribution < -0.4 is 10.6 Å². The molecule has 1 aliphatic carbocycles. The lowest BCUT2D eigenvalue weighted by Gasteiger charge is -2.25. The van der Waals surface area contributed by atoms with Gasteiger partial charge in [0.2, 0.25) is 0 Å². The molecule has 0 amide bonds. The number of aliphatic imine (C=N–C) groups is 1. The van der Waals surface area contributed by atoms with Crippen LogP contribution in [-0.2, 0) is 10.2 Å². The number of rotatable bonds is 5. The van der Waals surface area contributed by atoms with Gasteiger partial charge in [-0.2, -0.15) is 0 Å². The van der Waals surface area contributed by atoms with Crippen molar-refractivity contribution >= 4 is 5.96 Å². The molecule has 1 aromatic carbocycles. The van der Waals surface area contributed by atoms with Crippen LogP contribution >= 0.6 is 0 Å². The Balaban J connectivity index is 1.55. The first-order chi connectivity index (χ1) is 11.1. The van der Waals surface area contributed by atoms with E-state index in [9.17, 15) is 4.39 Å². The summed E-state index contributed by atoms with van der Waals surface area (Å²) in [5.41, 5.74) is 0.617. The van der Waals surface area contributed by atoms with Crippen molar-refractivity contribution in [3.63, 3.8) is 0 Å². The molecule has 0 aromatic heterocycles. The van der Waals surface area contributed by atoms with Crippen LogP contribution in [0, 0.1) is 5.82 Å². The van der Waals surface area contributed by atoms with Crippen molar-refractivity contribution in [2.75, 3.05) is 26.7 Å². The Hall–Kier alpha value is -1.62. The van der Waals surface area contributed by atoms with Gasteiger partial charge in [0, 0.05) is 32.2 Å². The van der Waals surface area contributed by atoms with E-state index in [1.54, 1.807) is 19.2 Å². The lowest BCUT2D eigenvalue weighted by molar-refractivity contribution is 0.0243. The molecule has 2 fully saturated rings. The zero-order chi connectivity index (χ0) is 16.3. The number of benzene rings is 1. The third kappa shape index (κ3) is 3.66. The second kappa shape index (κ2) is 6.48. The Labute approximate surface area is 137 Å². The number of hydrogen-bond acceptors (Lipinski definition) is 2. The molecule has 0 spiro atoms. The molecule has 126 valence electrons. The first kappa shape index (κ1) is 16.2. The van der Waals surface area contributed by atoms with Crippen LogP contribution in [0.1, 0.15) is 38.2 Å². The number of hydrogen-bond donors (Lipinski definition) is 2. The summed E-state index contributed by atoms with van der Waals surface area (Å²) in [6, 6.07) is 7.09. The highest BCUT2D eigenvalue weighted by Crippen LogP contribution is 2.48. The van der Waals surface area contributed by atoms with Gasteiger partial charge < -0.3 is 15.4 Å². The smallest absolute Gasteiger partial charge is 0.191 e. The maximum absolute atomic E-state index is 14.0. The van der Waals surface area contributed by atoms with E-state index in [1.165, 1.54) is 0 Å². The lowest BCUT2D eigenvalue weighted by atomic mass is 9.95. The van der Waals surface area contributed by atoms with E-state index in [0.29, 0.717) is 6.54 Å². The van der Waals surface area contributed by atoms with Gasteiger partial charge in [0.25, 0.3) is 0 Å². The minimum absolute atomic E-state index is 0.0866. The monoisotopic (exact) mass is 319 g/mol. The largest absolute Gasteiger partial charge is 0.373 e. The van der Waals surface area contributed by atoms with Gasteiger partial charge in [-0.1, -0.05) is 18.2 Å². The molecule has 0 bridgehead atoms. The van der Waals surface area contributed by atoms with Crippen molar-refractivity contribution in [1.82, 2.24) is 10.6 Å². The maximum Gasteiger partial charge on any atom is 0.191 e. The van der Waals surface area contributed by atoms with Crippen LogP contribution in [0.4, 0.5) is 4.39 Å². The van der Waals surface area contributed by atoms with Gasteiger partial charge in [-0.3, -0.25) is 4.99 Å². The molecule has 1 saturated heterocycles. The fraction of sp³-hybridized carbons (Fsp3) is 0.611. The molecule has 4 nitrogen and oxygen atoms in total. The van der Waals surface area contributed by atoms with Crippen molar-refractivity contribution in [3.05, 3.63) is 35.6 Å². The zero-order valence-electron chi connectivity index (χ0n) is 14.0. The third-order valence-electron chi connectivity index (χ3n) is 5.05. The number of nitrogens with one attached hydrogen (secondary N) is 2. The SMILES string of the molecule is CN=C(NCC1(C)CCCO1)NCC1(c2ccccc2F)CC1. The van der Waals surface area contributed by atoms with Gasteiger partial charge in [-0.15, -0.1) is 0 Å². The van der Waals surface area contributed by atoms with Crippen molar-refractivity contribution in [2.24, 2.45) is 4.99 Å². The molecule has 23 heavy (non-hydrogen) atoms. The molecule has 1 unspecified atom stereocenters. The molecule has 5 heteroatoms. The Morgan fingerprint density at radius 1 is 1.22 bits per heavy atom. The van der Waals surface area contributed by atoms with Gasteiger partial charge >= 0.3 is 0 Å². The molecular formula is C18H26FN3O. The molecule has 2 aliphatic rings. The van der Waals surface area contributed by atoms with Crippen molar-refractivity contribution in [2.45, 2.75) is 43.6 Å². The Morgan fingerprint density at radius 3 is 2.57 bits per heavy atom. The summed E-state index contributed by atoms with van der Waals surface area (Å²) in [4.78, 5) is 4.27. The first-order valence-corrected chi connectivity index (χ1v) is 8.40. The highest BCUT2D eigenvalue weighted by molar-refractivity contribution is 5.79. The fourth-order valence-electron chi connectivity index (χ4n) is 3.30. The van der Waals surface area contributed by atoms with E-state index in [1.807, 2.05) is 12.1 Å². The minimum Gasteiger partial charge on any atom is -0.373 e. The van der Waals surface area contributed by atoms with Crippen molar-refractivity contribution < 1.29 is 9.13 Å². The van der Waals surface area contributed by atoms with E-state index in [-0.39, 0.29) is 16.8 Å². The highest BCUT2D eigenvalue weighted by atomic mass is 19.1.